The number of hydrogen-bond donors (Lipinski definition) is 2. The first-order chi connectivity index (χ1) is 8.19. The van der Waals surface area contributed by atoms with Crippen LogP contribution in [0.4, 0.5) is 4.79 Å². The molecule has 0 atom stereocenters. The molecular weight excluding hydrogens is 224 g/mol. The Morgan fingerprint density at radius 1 is 1.53 bits per heavy atom. The summed E-state index contributed by atoms with van der Waals surface area (Å²) in [5, 5.41) is 11.3. The zero-order valence-electron chi connectivity index (χ0n) is 10.1. The Bertz CT molecular complexity index is 277. The van der Waals surface area contributed by atoms with Gasteiger partial charge in [-0.1, -0.05) is 5.16 Å². The van der Waals surface area contributed by atoms with Gasteiger partial charge >= 0.3 is 6.03 Å². The Morgan fingerprint density at radius 2 is 2.18 bits per heavy atom. The largest absolute Gasteiger partial charge is 0.409 e. The van der Waals surface area contributed by atoms with Gasteiger partial charge in [-0.3, -0.25) is 0 Å². The van der Waals surface area contributed by atoms with Crippen LogP contribution in [0.15, 0.2) is 5.16 Å². The van der Waals surface area contributed by atoms with Crippen LogP contribution in [0.3, 0.4) is 0 Å². The number of nitrogens with two attached hydrogens (primary N) is 1. The van der Waals surface area contributed by atoms with Crippen molar-refractivity contribution in [2.75, 3.05) is 39.4 Å². The van der Waals surface area contributed by atoms with Gasteiger partial charge in [-0.2, -0.15) is 0 Å². The van der Waals surface area contributed by atoms with E-state index in [1.165, 1.54) is 0 Å². The molecular formula is C10H20N4O3. The van der Waals surface area contributed by atoms with Crippen molar-refractivity contribution in [1.29, 1.82) is 0 Å². The summed E-state index contributed by atoms with van der Waals surface area (Å²) < 4.78 is 5.19. The topological polar surface area (TPSA) is 91.4 Å². The zero-order valence-corrected chi connectivity index (χ0v) is 10.1. The lowest BCUT2D eigenvalue weighted by molar-refractivity contribution is 0.0439. The normalized spacial score (nSPS) is 17.0. The minimum atomic E-state index is -0.0125. The van der Waals surface area contributed by atoms with E-state index in [4.69, 9.17) is 15.7 Å². The van der Waals surface area contributed by atoms with Gasteiger partial charge in [0.2, 0.25) is 0 Å². The van der Waals surface area contributed by atoms with Gasteiger partial charge in [0.15, 0.2) is 0 Å². The van der Waals surface area contributed by atoms with Crippen LogP contribution in [0.1, 0.15) is 13.3 Å². The van der Waals surface area contributed by atoms with Crippen molar-refractivity contribution in [3.63, 3.8) is 0 Å². The fourth-order valence-electron chi connectivity index (χ4n) is 1.64. The summed E-state index contributed by atoms with van der Waals surface area (Å²) in [6.07, 6.45) is 0.375. The highest BCUT2D eigenvalue weighted by Crippen LogP contribution is 2.04. The Kier molecular flexibility index (Phi) is 5.55. The molecule has 0 radical (unpaired) electrons. The third-order valence-electron chi connectivity index (χ3n) is 2.70. The molecule has 1 aliphatic heterocycles. The molecule has 0 aromatic heterocycles. The maximum atomic E-state index is 12.1. The minimum absolute atomic E-state index is 0.0125. The molecule has 7 nitrogen and oxygen atoms in total. The van der Waals surface area contributed by atoms with Crippen LogP contribution in [-0.2, 0) is 4.74 Å². The fourth-order valence-corrected chi connectivity index (χ4v) is 1.64. The van der Waals surface area contributed by atoms with Crippen molar-refractivity contribution in [2.45, 2.75) is 13.3 Å². The number of ether oxygens (including phenoxy) is 1. The molecule has 0 bridgehead atoms. The molecule has 0 saturated carbocycles. The number of urea groups is 1. The van der Waals surface area contributed by atoms with Crippen LogP contribution in [-0.4, -0.2) is 66.3 Å². The predicted molar refractivity (Wildman–Crippen MR) is 63.1 cm³/mol. The van der Waals surface area contributed by atoms with Crippen LogP contribution >= 0.6 is 0 Å². The lowest BCUT2D eigenvalue weighted by Gasteiger charge is -2.32. The summed E-state index contributed by atoms with van der Waals surface area (Å²) in [4.78, 5) is 15.5. The van der Waals surface area contributed by atoms with Gasteiger partial charge in [-0.05, 0) is 6.92 Å². The summed E-state index contributed by atoms with van der Waals surface area (Å²) in [5.74, 6) is 0.137. The number of oxime groups is 1. The van der Waals surface area contributed by atoms with E-state index in [-0.39, 0.29) is 11.9 Å². The quantitative estimate of drug-likeness (QED) is 0.312. The number of amides is 2. The molecule has 98 valence electrons. The molecule has 17 heavy (non-hydrogen) atoms. The molecule has 1 heterocycles. The van der Waals surface area contributed by atoms with E-state index in [1.807, 2.05) is 6.92 Å². The second-order valence-corrected chi connectivity index (χ2v) is 3.80. The van der Waals surface area contributed by atoms with Crippen molar-refractivity contribution in [3.8, 4) is 0 Å². The lowest BCUT2D eigenvalue weighted by Crippen LogP contribution is -2.48. The number of hydrogen-bond acceptors (Lipinski definition) is 4. The van der Waals surface area contributed by atoms with Crippen LogP contribution in [0.5, 0.6) is 0 Å². The molecule has 1 saturated heterocycles. The maximum Gasteiger partial charge on any atom is 0.320 e. The summed E-state index contributed by atoms with van der Waals surface area (Å²) in [6.45, 7) is 5.40. The Balaban J connectivity index is 2.45. The lowest BCUT2D eigenvalue weighted by atomic mass is 10.3. The third-order valence-corrected chi connectivity index (χ3v) is 2.70. The molecule has 0 aromatic carbocycles. The average molecular weight is 244 g/mol. The molecule has 0 spiro atoms. The van der Waals surface area contributed by atoms with Gasteiger partial charge in [0, 0.05) is 32.6 Å². The maximum absolute atomic E-state index is 12.1. The first kappa shape index (κ1) is 13.6. The molecule has 2 amide bonds. The monoisotopic (exact) mass is 244 g/mol. The van der Waals surface area contributed by atoms with Gasteiger partial charge in [-0.25, -0.2) is 4.79 Å². The molecule has 0 aromatic rings. The number of nitrogens with zero attached hydrogens (tertiary/aromatic N) is 3. The smallest absolute Gasteiger partial charge is 0.320 e. The van der Waals surface area contributed by atoms with Crippen molar-refractivity contribution >= 4 is 11.9 Å². The third kappa shape index (κ3) is 4.10. The van der Waals surface area contributed by atoms with Gasteiger partial charge in [-0.15, -0.1) is 0 Å². The molecule has 0 aliphatic carbocycles. The van der Waals surface area contributed by atoms with E-state index in [0.29, 0.717) is 45.8 Å². The number of carbonyl (C=O) groups excluding carboxylic acids is 1. The second-order valence-electron chi connectivity index (χ2n) is 3.80. The number of morpholine rings is 1. The first-order valence-electron chi connectivity index (χ1n) is 5.77. The summed E-state index contributed by atoms with van der Waals surface area (Å²) in [6, 6.07) is -0.0125. The van der Waals surface area contributed by atoms with E-state index in [2.05, 4.69) is 5.16 Å². The molecule has 0 unspecified atom stereocenters. The van der Waals surface area contributed by atoms with Crippen LogP contribution in [0.2, 0.25) is 0 Å². The second kappa shape index (κ2) is 6.95. The highest BCUT2D eigenvalue weighted by atomic mass is 16.5. The van der Waals surface area contributed by atoms with E-state index >= 15 is 0 Å². The highest BCUT2D eigenvalue weighted by Gasteiger charge is 2.21. The summed E-state index contributed by atoms with van der Waals surface area (Å²) >= 11 is 0. The van der Waals surface area contributed by atoms with Gasteiger partial charge in [0.05, 0.1) is 13.2 Å². The van der Waals surface area contributed by atoms with Gasteiger partial charge < -0.3 is 25.5 Å². The van der Waals surface area contributed by atoms with E-state index in [0.717, 1.165) is 0 Å². The van der Waals surface area contributed by atoms with E-state index < -0.39 is 0 Å². The predicted octanol–water partition coefficient (Wildman–Crippen LogP) is -0.103. The van der Waals surface area contributed by atoms with Crippen LogP contribution < -0.4 is 5.73 Å². The Morgan fingerprint density at radius 3 is 2.71 bits per heavy atom. The molecule has 1 rings (SSSR count). The average Bonchev–Trinajstić information content (AvgIpc) is 2.39. The van der Waals surface area contributed by atoms with Crippen LogP contribution in [0.25, 0.3) is 0 Å². The molecule has 3 N–H and O–H groups in total. The van der Waals surface area contributed by atoms with Crippen molar-refractivity contribution in [3.05, 3.63) is 0 Å². The van der Waals surface area contributed by atoms with E-state index in [9.17, 15) is 4.79 Å². The van der Waals surface area contributed by atoms with Crippen molar-refractivity contribution in [1.82, 2.24) is 9.80 Å². The standard InChI is InChI=1S/C10H20N4O3/c1-2-13(4-3-9(11)12-16)10(15)14-5-7-17-8-6-14/h16H,2-8H2,1H3,(H2,11,12). The zero-order chi connectivity index (χ0) is 12.7. The van der Waals surface area contributed by atoms with Gasteiger partial charge in [0.1, 0.15) is 5.84 Å². The first-order valence-corrected chi connectivity index (χ1v) is 5.77. The Hall–Kier alpha value is -1.50. The molecule has 1 fully saturated rings. The number of rotatable bonds is 4. The highest BCUT2D eigenvalue weighted by molar-refractivity contribution is 5.81. The number of carbonyl (C=O) groups is 1. The van der Waals surface area contributed by atoms with Crippen molar-refractivity contribution in [2.24, 2.45) is 10.9 Å². The fraction of sp³-hybridized carbons (Fsp3) is 0.800. The van der Waals surface area contributed by atoms with Crippen LogP contribution in [0, 0.1) is 0 Å². The molecule has 1 aliphatic rings. The Labute approximate surface area is 101 Å². The van der Waals surface area contributed by atoms with Crippen molar-refractivity contribution < 1.29 is 14.7 Å². The summed E-state index contributed by atoms with van der Waals surface area (Å²) in [5.41, 5.74) is 5.38. The SMILES string of the molecule is CCN(CCC(N)=NO)C(=O)N1CCOCC1. The number of amidine groups is 1. The van der Waals surface area contributed by atoms with E-state index in [1.54, 1.807) is 9.80 Å². The van der Waals surface area contributed by atoms with Gasteiger partial charge in [0.25, 0.3) is 0 Å². The molecule has 7 heteroatoms. The minimum Gasteiger partial charge on any atom is -0.409 e. The summed E-state index contributed by atoms with van der Waals surface area (Å²) in [7, 11) is 0.